The fraction of sp³-hybridized carbons (Fsp3) is 0.160. The second-order valence-electron chi connectivity index (χ2n) is 7.78. The van der Waals surface area contributed by atoms with Crippen molar-refractivity contribution in [3.05, 3.63) is 95.9 Å². The summed E-state index contributed by atoms with van der Waals surface area (Å²) in [6.45, 7) is 0.224. The SMILES string of the molecule is O=C(OCc1nnc(-c2ccccc2)o1)c1ccc(S(=O)(=O)N2CCCc3ccccc32)cc1. The normalized spacial score (nSPS) is 13.4. The Labute approximate surface area is 196 Å². The number of hydrogen-bond donors (Lipinski definition) is 0. The number of aryl methyl sites for hydroxylation is 1. The van der Waals surface area contributed by atoms with Crippen molar-refractivity contribution in [1.82, 2.24) is 10.2 Å². The molecule has 172 valence electrons. The number of sulfonamides is 1. The van der Waals surface area contributed by atoms with Gasteiger partial charge in [0.25, 0.3) is 15.9 Å². The summed E-state index contributed by atoms with van der Waals surface area (Å²) in [7, 11) is -3.75. The lowest BCUT2D eigenvalue weighted by Crippen LogP contribution is -2.35. The van der Waals surface area contributed by atoms with Crippen molar-refractivity contribution in [2.45, 2.75) is 24.3 Å². The maximum absolute atomic E-state index is 13.2. The number of nitrogens with zero attached hydrogens (tertiary/aromatic N) is 3. The third kappa shape index (κ3) is 4.29. The first-order valence-corrected chi connectivity index (χ1v) is 12.2. The van der Waals surface area contributed by atoms with E-state index in [2.05, 4.69) is 10.2 Å². The second-order valence-corrected chi connectivity index (χ2v) is 9.64. The third-order valence-corrected chi connectivity index (χ3v) is 7.39. The van der Waals surface area contributed by atoms with Gasteiger partial charge >= 0.3 is 5.97 Å². The van der Waals surface area contributed by atoms with Gasteiger partial charge < -0.3 is 9.15 Å². The van der Waals surface area contributed by atoms with Crippen LogP contribution in [0, 0.1) is 0 Å². The molecule has 0 unspecified atom stereocenters. The predicted octanol–water partition coefficient (Wildman–Crippen LogP) is 4.24. The summed E-state index contributed by atoms with van der Waals surface area (Å²) in [5.41, 5.74) is 2.70. The first kappa shape index (κ1) is 21.8. The van der Waals surface area contributed by atoms with E-state index in [1.165, 1.54) is 28.6 Å². The Morgan fingerprint density at radius 1 is 0.941 bits per heavy atom. The molecule has 1 aliphatic heterocycles. The van der Waals surface area contributed by atoms with Crippen molar-refractivity contribution in [2.75, 3.05) is 10.8 Å². The Hall–Kier alpha value is -3.98. The molecule has 0 saturated heterocycles. The summed E-state index contributed by atoms with van der Waals surface area (Å²) in [6, 6.07) is 22.5. The van der Waals surface area contributed by atoms with Gasteiger partial charge in [-0.25, -0.2) is 13.2 Å². The Bertz CT molecular complexity index is 1420. The van der Waals surface area contributed by atoms with Crippen LogP contribution >= 0.6 is 0 Å². The van der Waals surface area contributed by atoms with Gasteiger partial charge in [-0.3, -0.25) is 4.31 Å². The van der Waals surface area contributed by atoms with Crippen LogP contribution in [0.25, 0.3) is 11.5 Å². The van der Waals surface area contributed by atoms with Gasteiger partial charge in [-0.2, -0.15) is 0 Å². The summed E-state index contributed by atoms with van der Waals surface area (Å²) >= 11 is 0. The predicted molar refractivity (Wildman–Crippen MR) is 125 cm³/mol. The standard InChI is InChI=1S/C25H21N3O5S/c29-25(32-17-23-26-27-24(33-23)19-8-2-1-3-9-19)20-12-14-21(15-13-20)34(30,31)28-16-6-10-18-7-4-5-11-22(18)28/h1-5,7-9,11-15H,6,10,16-17H2. The molecule has 0 spiro atoms. The van der Waals surface area contributed by atoms with Crippen LogP contribution in [0.1, 0.15) is 28.2 Å². The molecule has 1 aliphatic rings. The smallest absolute Gasteiger partial charge is 0.338 e. The molecule has 0 amide bonds. The molecule has 2 heterocycles. The molecule has 0 aliphatic carbocycles. The summed E-state index contributed by atoms with van der Waals surface area (Å²) in [5, 5.41) is 7.85. The van der Waals surface area contributed by atoms with Gasteiger partial charge in [-0.15, -0.1) is 10.2 Å². The lowest BCUT2D eigenvalue weighted by molar-refractivity contribution is 0.0438. The van der Waals surface area contributed by atoms with Gasteiger partial charge in [-0.1, -0.05) is 36.4 Å². The number of para-hydroxylation sites is 1. The summed E-state index contributed by atoms with van der Waals surface area (Å²) in [6.07, 6.45) is 1.60. The molecule has 4 aromatic rings. The minimum Gasteiger partial charge on any atom is -0.452 e. The molecule has 34 heavy (non-hydrogen) atoms. The molecule has 9 heteroatoms. The number of carbonyl (C=O) groups is 1. The topological polar surface area (TPSA) is 103 Å². The van der Waals surface area contributed by atoms with E-state index >= 15 is 0 Å². The molecule has 0 radical (unpaired) electrons. The van der Waals surface area contributed by atoms with Crippen molar-refractivity contribution in [2.24, 2.45) is 0 Å². The number of benzene rings is 3. The van der Waals surface area contributed by atoms with E-state index in [1.54, 1.807) is 0 Å². The number of esters is 1. The molecular weight excluding hydrogens is 454 g/mol. The Kier molecular flexibility index (Phi) is 5.85. The molecule has 0 atom stereocenters. The van der Waals surface area contributed by atoms with E-state index < -0.39 is 16.0 Å². The number of hydrogen-bond acceptors (Lipinski definition) is 7. The summed E-state index contributed by atoms with van der Waals surface area (Å²) in [5.74, 6) is -0.123. The van der Waals surface area contributed by atoms with Gasteiger partial charge in [-0.05, 0) is 60.9 Å². The molecule has 0 fully saturated rings. The minimum atomic E-state index is -3.75. The fourth-order valence-corrected chi connectivity index (χ4v) is 5.40. The highest BCUT2D eigenvalue weighted by molar-refractivity contribution is 7.92. The zero-order chi connectivity index (χ0) is 23.5. The van der Waals surface area contributed by atoms with Crippen molar-refractivity contribution in [3.8, 4) is 11.5 Å². The average Bonchev–Trinajstić information content (AvgIpc) is 3.37. The van der Waals surface area contributed by atoms with E-state index in [1.807, 2.05) is 54.6 Å². The molecule has 1 aromatic heterocycles. The quantitative estimate of drug-likeness (QED) is 0.384. The van der Waals surface area contributed by atoms with Gasteiger partial charge in [0.2, 0.25) is 5.89 Å². The van der Waals surface area contributed by atoms with E-state index in [4.69, 9.17) is 9.15 Å². The lowest BCUT2D eigenvalue weighted by Gasteiger charge is -2.30. The monoisotopic (exact) mass is 475 g/mol. The van der Waals surface area contributed by atoms with Gasteiger partial charge in [0.15, 0.2) is 6.61 Å². The molecule has 5 rings (SSSR count). The average molecular weight is 476 g/mol. The van der Waals surface area contributed by atoms with Gasteiger partial charge in [0.1, 0.15) is 0 Å². The molecule has 0 N–H and O–H groups in total. The molecule has 0 bridgehead atoms. The van der Waals surface area contributed by atoms with Crippen molar-refractivity contribution < 1.29 is 22.4 Å². The third-order valence-electron chi connectivity index (χ3n) is 5.56. The maximum Gasteiger partial charge on any atom is 0.338 e. The zero-order valence-electron chi connectivity index (χ0n) is 18.1. The maximum atomic E-state index is 13.2. The highest BCUT2D eigenvalue weighted by atomic mass is 32.2. The van der Waals surface area contributed by atoms with Gasteiger partial charge in [0, 0.05) is 12.1 Å². The van der Waals surface area contributed by atoms with Crippen molar-refractivity contribution >= 4 is 21.7 Å². The highest BCUT2D eigenvalue weighted by Gasteiger charge is 2.29. The first-order chi connectivity index (χ1) is 16.5. The van der Waals surface area contributed by atoms with Crippen LogP contribution < -0.4 is 4.31 Å². The number of anilines is 1. The number of ether oxygens (including phenoxy) is 1. The lowest BCUT2D eigenvalue weighted by atomic mass is 10.0. The number of fused-ring (bicyclic) bond motifs is 1. The van der Waals surface area contributed by atoms with E-state index in [0.29, 0.717) is 18.1 Å². The highest BCUT2D eigenvalue weighted by Crippen LogP contribution is 2.31. The molecule has 0 saturated carbocycles. The summed E-state index contributed by atoms with van der Waals surface area (Å²) < 4.78 is 38.7. The second kappa shape index (κ2) is 9.11. The Morgan fingerprint density at radius 2 is 1.68 bits per heavy atom. The fourth-order valence-electron chi connectivity index (χ4n) is 3.86. The molecular formula is C25H21N3O5S. The van der Waals surface area contributed by atoms with Crippen LogP contribution in [0.4, 0.5) is 5.69 Å². The Balaban J connectivity index is 1.26. The first-order valence-electron chi connectivity index (χ1n) is 10.8. The van der Waals surface area contributed by atoms with Crippen molar-refractivity contribution in [1.29, 1.82) is 0 Å². The number of rotatable bonds is 6. The largest absolute Gasteiger partial charge is 0.452 e. The van der Waals surface area contributed by atoms with Crippen LogP contribution in [-0.2, 0) is 27.8 Å². The molecule has 3 aromatic carbocycles. The van der Waals surface area contributed by atoms with Crippen molar-refractivity contribution in [3.63, 3.8) is 0 Å². The van der Waals surface area contributed by atoms with Crippen LogP contribution in [-0.4, -0.2) is 31.1 Å². The van der Waals surface area contributed by atoms with Gasteiger partial charge in [0.05, 0.1) is 16.1 Å². The van der Waals surface area contributed by atoms with Crippen LogP contribution in [0.15, 0.2) is 88.2 Å². The van der Waals surface area contributed by atoms with Crippen LogP contribution in [0.3, 0.4) is 0 Å². The number of carbonyl (C=O) groups excluding carboxylic acids is 1. The zero-order valence-corrected chi connectivity index (χ0v) is 18.9. The van der Waals surface area contributed by atoms with E-state index in [0.717, 1.165) is 24.0 Å². The molecule has 8 nitrogen and oxygen atoms in total. The minimum absolute atomic E-state index is 0.116. The van der Waals surface area contributed by atoms with E-state index in [-0.39, 0.29) is 23.0 Å². The summed E-state index contributed by atoms with van der Waals surface area (Å²) in [4.78, 5) is 12.6. The van der Waals surface area contributed by atoms with Crippen LogP contribution in [0.2, 0.25) is 0 Å². The number of aromatic nitrogens is 2. The van der Waals surface area contributed by atoms with E-state index in [9.17, 15) is 13.2 Å². The Morgan fingerprint density at radius 3 is 2.47 bits per heavy atom. The van der Waals surface area contributed by atoms with Crippen LogP contribution in [0.5, 0.6) is 0 Å².